The molecule has 1 aliphatic carbocycles. The van der Waals surface area contributed by atoms with Crippen LogP contribution in [0.4, 0.5) is 4.79 Å². The van der Waals surface area contributed by atoms with Gasteiger partial charge in [0.2, 0.25) is 12.1 Å². The number of amides is 4. The lowest BCUT2D eigenvalue weighted by molar-refractivity contribution is -0.830. The zero-order chi connectivity index (χ0) is 33.3. The highest BCUT2D eigenvalue weighted by atomic mass is 16.7. The second-order valence-electron chi connectivity index (χ2n) is 12.7. The molecular formula is C38H41N2O7+. The van der Waals surface area contributed by atoms with E-state index in [9.17, 15) is 19.5 Å². The molecule has 0 spiro atoms. The van der Waals surface area contributed by atoms with Gasteiger partial charge in [0.25, 0.3) is 0 Å². The van der Waals surface area contributed by atoms with Crippen LogP contribution in [0.25, 0.3) is 0 Å². The molecule has 9 nitrogen and oxygen atoms in total. The Morgan fingerprint density at radius 2 is 1.51 bits per heavy atom. The van der Waals surface area contributed by atoms with Crippen molar-refractivity contribution in [2.24, 2.45) is 5.41 Å². The van der Waals surface area contributed by atoms with E-state index in [1.807, 2.05) is 85.8 Å². The molecule has 3 aliphatic rings. The van der Waals surface area contributed by atoms with Crippen LogP contribution in [0.2, 0.25) is 0 Å². The maximum atomic E-state index is 14.8. The first-order chi connectivity index (χ1) is 22.7. The summed E-state index contributed by atoms with van der Waals surface area (Å²) < 4.78 is 17.0. The Labute approximate surface area is 275 Å². The predicted octanol–water partition coefficient (Wildman–Crippen LogP) is 5.26. The fourth-order valence-electron chi connectivity index (χ4n) is 7.85. The summed E-state index contributed by atoms with van der Waals surface area (Å²) in [6, 6.07) is 27.3. The maximum Gasteiger partial charge on any atom is 0.433 e. The minimum absolute atomic E-state index is 0.205. The van der Waals surface area contributed by atoms with Gasteiger partial charge in [-0.2, -0.15) is 0 Å². The molecule has 2 aliphatic heterocycles. The van der Waals surface area contributed by atoms with Gasteiger partial charge < -0.3 is 19.3 Å². The van der Waals surface area contributed by atoms with Crippen molar-refractivity contribution in [1.29, 1.82) is 0 Å². The van der Waals surface area contributed by atoms with Crippen LogP contribution in [0.1, 0.15) is 47.7 Å². The molecule has 3 aromatic carbocycles. The maximum absolute atomic E-state index is 14.8. The number of rotatable bonds is 9. The minimum atomic E-state index is -1.45. The summed E-state index contributed by atoms with van der Waals surface area (Å²) in [7, 11) is 3.16. The number of benzene rings is 3. The summed E-state index contributed by atoms with van der Waals surface area (Å²) in [6.45, 7) is 1.38. The van der Waals surface area contributed by atoms with Gasteiger partial charge in [0.1, 0.15) is 12.0 Å². The van der Waals surface area contributed by atoms with Crippen LogP contribution >= 0.6 is 0 Å². The molecule has 0 bridgehead atoms. The minimum Gasteiger partial charge on any atom is -0.394 e. The number of carbonyl (C=O) groups is 3. The zero-order valence-electron chi connectivity index (χ0n) is 26.9. The number of allylic oxidation sites excluding steroid dienone is 2. The highest BCUT2D eigenvalue weighted by molar-refractivity contribution is 6.05. The van der Waals surface area contributed by atoms with E-state index in [1.54, 1.807) is 44.6 Å². The lowest BCUT2D eigenvalue weighted by Crippen LogP contribution is -2.78. The molecule has 2 unspecified atom stereocenters. The average Bonchev–Trinajstić information content (AvgIpc) is 3.62. The van der Waals surface area contributed by atoms with Gasteiger partial charge in [-0.15, -0.1) is 4.48 Å². The van der Waals surface area contributed by atoms with Crippen LogP contribution in [0.15, 0.2) is 115 Å². The van der Waals surface area contributed by atoms with E-state index in [4.69, 9.17) is 14.2 Å². The molecule has 0 saturated carbocycles. The van der Waals surface area contributed by atoms with E-state index in [0.29, 0.717) is 24.8 Å². The number of carbonyl (C=O) groups excluding carboxylic acids is 3. The third-order valence-corrected chi connectivity index (χ3v) is 10.3. The number of ether oxygens (including phenoxy) is 3. The summed E-state index contributed by atoms with van der Waals surface area (Å²) in [6.07, 6.45) is 5.49. The molecule has 47 heavy (non-hydrogen) atoms. The van der Waals surface area contributed by atoms with Crippen molar-refractivity contribution in [3.8, 4) is 0 Å². The fourth-order valence-corrected chi connectivity index (χ4v) is 7.85. The highest BCUT2D eigenvalue weighted by Crippen LogP contribution is 2.57. The third-order valence-electron chi connectivity index (χ3n) is 10.3. The number of nitrogens with one attached hydrogen (secondary N) is 1. The molecule has 2 N–H and O–H groups in total. The molecule has 3 aromatic rings. The molecule has 244 valence electrons. The smallest absolute Gasteiger partial charge is 0.394 e. The molecule has 0 aromatic heterocycles. The number of hydrogen-bond donors (Lipinski definition) is 2. The molecule has 2 heterocycles. The SMILES string of the molecule is COC1(OC)C=CC(C(c2ccccc2)(c2ccccc2)C2(C)C[N+](C(=O)c3ccccc3)([C@H]3CC[C@@H](CO)O3)C(=O)NC2=O)=CC1. The summed E-state index contributed by atoms with van der Waals surface area (Å²) >= 11 is 0. The Balaban J connectivity index is 1.65. The lowest BCUT2D eigenvalue weighted by Gasteiger charge is -2.55. The quantitative estimate of drug-likeness (QED) is 0.243. The van der Waals surface area contributed by atoms with Crippen LogP contribution < -0.4 is 5.32 Å². The first kappa shape index (κ1) is 32.7. The standard InChI is InChI=1S/C38H40N2O7/c1-36(26-40(35(44)39-34(36)43,32-20-19-31(25-41)47-32)33(42)27-13-7-4-8-14-27)38(28-15-9-5-10-16-28,29-17-11-6-12-18-29)30-21-23-37(45-2,46-3)24-22-30/h4-18,21-23,31-32,41H,19-20,24-26H2,1-3H3/p+1/t31-,32+,36?,40?/m0/s1. The van der Waals surface area contributed by atoms with Crippen molar-refractivity contribution in [3.63, 3.8) is 0 Å². The van der Waals surface area contributed by atoms with Crippen LogP contribution in [0.5, 0.6) is 0 Å². The van der Waals surface area contributed by atoms with Crippen molar-refractivity contribution in [2.45, 2.75) is 49.7 Å². The average molecular weight is 638 g/mol. The summed E-state index contributed by atoms with van der Waals surface area (Å²) in [5.74, 6) is -1.98. The van der Waals surface area contributed by atoms with E-state index in [0.717, 1.165) is 16.7 Å². The second kappa shape index (κ2) is 12.7. The highest BCUT2D eigenvalue weighted by Gasteiger charge is 2.70. The van der Waals surface area contributed by atoms with Crippen molar-refractivity contribution in [1.82, 2.24) is 5.32 Å². The summed E-state index contributed by atoms with van der Waals surface area (Å²) in [5.41, 5.74) is 0.0643. The summed E-state index contributed by atoms with van der Waals surface area (Å²) in [5, 5.41) is 12.7. The zero-order valence-corrected chi connectivity index (χ0v) is 26.9. The van der Waals surface area contributed by atoms with Gasteiger partial charge in [-0.25, -0.2) is 14.9 Å². The molecule has 9 heteroatoms. The van der Waals surface area contributed by atoms with Gasteiger partial charge in [-0.05, 0) is 48.3 Å². The van der Waals surface area contributed by atoms with E-state index in [-0.39, 0.29) is 13.2 Å². The number of quaternary nitrogens is 1. The van der Waals surface area contributed by atoms with Crippen molar-refractivity contribution in [2.75, 3.05) is 27.4 Å². The summed E-state index contributed by atoms with van der Waals surface area (Å²) in [4.78, 5) is 44.0. The largest absolute Gasteiger partial charge is 0.433 e. The van der Waals surface area contributed by atoms with Gasteiger partial charge >= 0.3 is 11.9 Å². The number of nitrogens with zero attached hydrogens (tertiary/aromatic N) is 1. The van der Waals surface area contributed by atoms with E-state index in [2.05, 4.69) is 5.32 Å². The monoisotopic (exact) mass is 637 g/mol. The number of imide groups is 2. The molecule has 2 fully saturated rings. The Kier molecular flexibility index (Phi) is 8.86. The van der Waals surface area contributed by atoms with Crippen molar-refractivity contribution >= 4 is 17.8 Å². The van der Waals surface area contributed by atoms with Gasteiger partial charge in [0.15, 0.2) is 5.79 Å². The Hall–Kier alpha value is -4.25. The lowest BCUT2D eigenvalue weighted by atomic mass is 9.52. The molecule has 6 rings (SSSR count). The Morgan fingerprint density at radius 1 is 0.936 bits per heavy atom. The Morgan fingerprint density at radius 3 is 2.00 bits per heavy atom. The predicted molar refractivity (Wildman–Crippen MR) is 175 cm³/mol. The number of aliphatic hydroxyl groups excluding tert-OH is 1. The van der Waals surface area contributed by atoms with Crippen LogP contribution in [-0.2, 0) is 24.4 Å². The van der Waals surface area contributed by atoms with Crippen LogP contribution in [0, 0.1) is 5.41 Å². The van der Waals surface area contributed by atoms with Gasteiger partial charge in [0, 0.05) is 27.1 Å². The number of methoxy groups -OCH3 is 2. The first-order valence-electron chi connectivity index (χ1n) is 15.9. The molecule has 4 atom stereocenters. The van der Waals surface area contributed by atoms with E-state index < -0.39 is 51.3 Å². The van der Waals surface area contributed by atoms with E-state index in [1.165, 1.54) is 0 Å². The first-order valence-corrected chi connectivity index (χ1v) is 15.9. The molecule has 4 amide bonds. The normalized spacial score (nSPS) is 27.3. The van der Waals surface area contributed by atoms with Gasteiger partial charge in [-0.1, -0.05) is 91.0 Å². The van der Waals surface area contributed by atoms with Crippen molar-refractivity contribution in [3.05, 3.63) is 131 Å². The van der Waals surface area contributed by atoms with Gasteiger partial charge in [-0.3, -0.25) is 4.79 Å². The van der Waals surface area contributed by atoms with Crippen molar-refractivity contribution < 1.29 is 38.2 Å². The van der Waals surface area contributed by atoms with Gasteiger partial charge in [0.05, 0.1) is 23.7 Å². The fraction of sp³-hybridized carbons (Fsp3) is 0.342. The second-order valence-corrected chi connectivity index (χ2v) is 12.7. The third kappa shape index (κ3) is 5.10. The number of aliphatic hydroxyl groups is 1. The molecule has 2 saturated heterocycles. The van der Waals surface area contributed by atoms with Crippen LogP contribution in [-0.4, -0.2) is 72.9 Å². The van der Waals surface area contributed by atoms with Crippen LogP contribution in [0.3, 0.4) is 0 Å². The molecule has 0 radical (unpaired) electrons. The number of hydrogen-bond acceptors (Lipinski definition) is 7. The molecular weight excluding hydrogens is 596 g/mol. The van der Waals surface area contributed by atoms with E-state index >= 15 is 0 Å². The topological polar surface area (TPSA) is 111 Å². The Bertz CT molecular complexity index is 1650. The number of urea groups is 1.